The number of pyridine rings is 2. The molecule has 1 saturated heterocycles. The van der Waals surface area contributed by atoms with Crippen molar-refractivity contribution in [2.75, 3.05) is 33.3 Å². The molecule has 4 aliphatic rings. The van der Waals surface area contributed by atoms with Crippen LogP contribution in [0, 0.1) is 34.0 Å². The van der Waals surface area contributed by atoms with Crippen LogP contribution in [0.1, 0.15) is 71.5 Å². The van der Waals surface area contributed by atoms with E-state index in [1.54, 1.807) is 30.5 Å². The largest absolute Gasteiger partial charge is 0.481 e. The average Bonchev–Trinajstić information content (AvgIpc) is 3.63. The molecule has 10 atom stereocenters. The third-order valence-electron chi connectivity index (χ3n) is 12.7. The van der Waals surface area contributed by atoms with Gasteiger partial charge in [-0.1, -0.05) is 33.8 Å². The zero-order valence-corrected chi connectivity index (χ0v) is 29.2. The summed E-state index contributed by atoms with van der Waals surface area (Å²) >= 11 is 0. The summed E-state index contributed by atoms with van der Waals surface area (Å²) < 4.78 is 17.2. The molecular weight excluding hydrogens is 628 g/mol. The molecule has 1 amide bonds. The van der Waals surface area contributed by atoms with Crippen molar-refractivity contribution in [1.82, 2.24) is 20.2 Å². The van der Waals surface area contributed by atoms with Gasteiger partial charge < -0.3 is 34.6 Å². The number of carbonyl (C=O) groups excluding carboxylic acids is 3. The van der Waals surface area contributed by atoms with Crippen molar-refractivity contribution in [3.63, 3.8) is 0 Å². The third kappa shape index (κ3) is 5.99. The van der Waals surface area contributed by atoms with Crippen LogP contribution in [0.25, 0.3) is 11.0 Å². The molecule has 2 aromatic rings. The number of aliphatic hydroxyl groups is 2. The van der Waals surface area contributed by atoms with Gasteiger partial charge in [0.25, 0.3) is 0 Å². The molecule has 12 nitrogen and oxygen atoms in total. The molecule has 3 aliphatic carbocycles. The lowest BCUT2D eigenvalue weighted by molar-refractivity contribution is -0.206. The zero-order valence-electron chi connectivity index (χ0n) is 29.2. The number of nitrogens with zero attached hydrogens (tertiary/aromatic N) is 3. The summed E-state index contributed by atoms with van der Waals surface area (Å²) in [6, 6.07) is 5.26. The number of hydrogen-bond donors (Lipinski definition) is 3. The average molecular weight is 679 g/mol. The number of hydrogen-bond acceptors (Lipinski definition) is 11. The third-order valence-corrected chi connectivity index (χ3v) is 12.7. The summed E-state index contributed by atoms with van der Waals surface area (Å²) in [5, 5.41) is 25.5. The monoisotopic (exact) mass is 678 g/mol. The number of ketones is 1. The van der Waals surface area contributed by atoms with Crippen molar-refractivity contribution in [2.45, 2.75) is 84.2 Å². The highest BCUT2D eigenvalue weighted by molar-refractivity contribution is 5.86. The lowest BCUT2D eigenvalue weighted by atomic mass is 9.44. The number of nitrogens with one attached hydrogen (secondary N) is 1. The fourth-order valence-electron chi connectivity index (χ4n) is 9.58. The first-order chi connectivity index (χ1) is 23.3. The number of aromatic nitrogens is 2. The van der Waals surface area contributed by atoms with Gasteiger partial charge in [-0.05, 0) is 55.1 Å². The molecule has 0 unspecified atom stereocenters. The summed E-state index contributed by atoms with van der Waals surface area (Å²) in [7, 11) is 1.52. The van der Waals surface area contributed by atoms with E-state index in [0.29, 0.717) is 35.3 Å². The van der Waals surface area contributed by atoms with E-state index in [2.05, 4.69) is 42.6 Å². The number of cyclic esters (lactones) is 1. The van der Waals surface area contributed by atoms with Crippen LogP contribution >= 0.6 is 0 Å². The van der Waals surface area contributed by atoms with Crippen LogP contribution in [0.15, 0.2) is 37.1 Å². The summed E-state index contributed by atoms with van der Waals surface area (Å²) in [5.74, 6) is -0.165. The Morgan fingerprint density at radius 1 is 1.24 bits per heavy atom. The Hall–Kier alpha value is -3.61. The molecule has 2 aromatic heterocycles. The van der Waals surface area contributed by atoms with Gasteiger partial charge in [0, 0.05) is 47.5 Å². The number of carbonyl (C=O) groups is 3. The molecule has 6 rings (SSSR count). The highest BCUT2D eigenvalue weighted by Gasteiger charge is 2.68. The summed E-state index contributed by atoms with van der Waals surface area (Å²) in [6.07, 6.45) is 3.23. The second-order valence-corrected chi connectivity index (χ2v) is 15.2. The van der Waals surface area contributed by atoms with Gasteiger partial charge in [0.2, 0.25) is 5.88 Å². The van der Waals surface area contributed by atoms with Gasteiger partial charge in [0.1, 0.15) is 18.0 Å². The van der Waals surface area contributed by atoms with Crippen molar-refractivity contribution in [1.29, 1.82) is 0 Å². The van der Waals surface area contributed by atoms with E-state index in [4.69, 9.17) is 14.2 Å². The summed E-state index contributed by atoms with van der Waals surface area (Å²) in [6.45, 7) is 12.4. The Labute approximate surface area is 287 Å². The van der Waals surface area contributed by atoms with Gasteiger partial charge in [-0.2, -0.15) is 0 Å². The van der Waals surface area contributed by atoms with Crippen molar-refractivity contribution in [3.8, 4) is 5.88 Å². The fourth-order valence-corrected chi connectivity index (χ4v) is 9.58. The first-order valence-electron chi connectivity index (χ1n) is 17.4. The van der Waals surface area contributed by atoms with E-state index in [1.807, 2.05) is 6.92 Å². The van der Waals surface area contributed by atoms with E-state index in [1.165, 1.54) is 12.0 Å². The predicted octanol–water partition coefficient (Wildman–Crippen LogP) is 3.99. The van der Waals surface area contributed by atoms with Gasteiger partial charge in [0.15, 0.2) is 0 Å². The number of methoxy groups -OCH3 is 1. The van der Waals surface area contributed by atoms with Crippen molar-refractivity contribution in [3.05, 3.63) is 42.6 Å². The van der Waals surface area contributed by atoms with Gasteiger partial charge in [-0.3, -0.25) is 14.6 Å². The zero-order chi connectivity index (χ0) is 35.3. The highest BCUT2D eigenvalue weighted by atomic mass is 16.6. The minimum atomic E-state index is -0.985. The molecule has 266 valence electrons. The second kappa shape index (κ2) is 13.3. The van der Waals surface area contributed by atoms with Gasteiger partial charge in [0.05, 0.1) is 50.0 Å². The SMILES string of the molecule is C=C[C@]1(C)C[C@@H](OC(=O)CNC[C@@H](O)CN2C[C@H](c3ccnc4ccc(OC)nc34)OC2=O)[C@]2(C)[C@H](C)CC[C@]3(CCC(=O)[C@H]32)[C@@H](C)[C@@H]1O. The molecule has 3 saturated carbocycles. The summed E-state index contributed by atoms with van der Waals surface area (Å²) in [5.41, 5.74) is 0.235. The Kier molecular flexibility index (Phi) is 9.53. The van der Waals surface area contributed by atoms with E-state index in [-0.39, 0.29) is 55.1 Å². The Bertz CT molecular complexity index is 1620. The maximum atomic E-state index is 13.6. The standard InChI is InChI=1S/C37H50N4O8/c1-7-35(4)16-28(36(5)21(2)10-13-37(22(3)33(35)45)14-11-26(43)32(36)37)49-30(44)18-38-17-23(42)19-41-20-27(48-34(41)46)24-12-15-39-25-8-9-29(47-6)40-31(24)25/h7-9,12,15,21-23,27-28,32-33,38,42,45H,1,10-11,13-14,16-20H2,2-6H3/t21-,22+,23-,27-,28-,32+,33+,35-,36+,37+/m1/s1. The maximum Gasteiger partial charge on any atom is 0.410 e. The molecule has 12 heteroatoms. The lowest BCUT2D eigenvalue weighted by Crippen LogP contribution is -2.63. The number of ether oxygens (including phenoxy) is 3. The normalized spacial score (nSPS) is 36.4. The number of aliphatic hydroxyl groups excluding tert-OH is 2. The Balaban J connectivity index is 1.09. The van der Waals surface area contributed by atoms with E-state index in [0.717, 1.165) is 19.3 Å². The van der Waals surface area contributed by atoms with Gasteiger partial charge in [-0.25, -0.2) is 9.78 Å². The Morgan fingerprint density at radius 2 is 2.02 bits per heavy atom. The van der Waals surface area contributed by atoms with Crippen LogP contribution in [0.3, 0.4) is 0 Å². The maximum absolute atomic E-state index is 13.6. The minimum absolute atomic E-state index is 0.00497. The van der Waals surface area contributed by atoms with Crippen LogP contribution in [-0.2, 0) is 19.1 Å². The number of esters is 1. The number of rotatable bonds is 10. The first kappa shape index (κ1) is 35.2. The van der Waals surface area contributed by atoms with Crippen molar-refractivity contribution < 1.29 is 38.8 Å². The quantitative estimate of drug-likeness (QED) is 0.246. The van der Waals surface area contributed by atoms with E-state index >= 15 is 0 Å². The number of amides is 1. The molecule has 4 fully saturated rings. The van der Waals surface area contributed by atoms with Crippen LogP contribution in [0.5, 0.6) is 5.88 Å². The highest BCUT2D eigenvalue weighted by Crippen LogP contribution is 2.68. The van der Waals surface area contributed by atoms with Gasteiger partial charge >= 0.3 is 12.1 Å². The summed E-state index contributed by atoms with van der Waals surface area (Å²) in [4.78, 5) is 50.1. The van der Waals surface area contributed by atoms with Crippen LogP contribution in [0.2, 0.25) is 0 Å². The number of fused-ring (bicyclic) bond motifs is 1. The van der Waals surface area contributed by atoms with Gasteiger partial charge in [-0.15, -0.1) is 6.58 Å². The van der Waals surface area contributed by atoms with Crippen LogP contribution in [0.4, 0.5) is 4.79 Å². The molecule has 0 radical (unpaired) electrons. The van der Waals surface area contributed by atoms with Crippen molar-refractivity contribution >= 4 is 28.9 Å². The predicted molar refractivity (Wildman–Crippen MR) is 180 cm³/mol. The molecular formula is C37H50N4O8. The molecule has 49 heavy (non-hydrogen) atoms. The first-order valence-corrected chi connectivity index (χ1v) is 17.4. The molecule has 0 aromatic carbocycles. The topological polar surface area (TPSA) is 160 Å². The molecule has 3 N–H and O–H groups in total. The molecule has 0 spiro atoms. The lowest BCUT2D eigenvalue weighted by Gasteiger charge is -2.61. The minimum Gasteiger partial charge on any atom is -0.481 e. The molecule has 3 heterocycles. The van der Waals surface area contributed by atoms with E-state index < -0.39 is 47.3 Å². The smallest absolute Gasteiger partial charge is 0.410 e. The molecule has 1 aliphatic heterocycles. The fraction of sp³-hybridized carbons (Fsp3) is 0.649. The van der Waals surface area contributed by atoms with Crippen molar-refractivity contribution in [2.24, 2.45) is 34.0 Å². The number of β-amino-alcohol motifs (C(OH)–C–C–N with tert-alkyl or cyclic N) is 1. The number of Topliss-reactive ketones (excluding diaryl/α,β-unsaturated/α-hetero) is 1. The van der Waals surface area contributed by atoms with Crippen LogP contribution < -0.4 is 10.1 Å². The van der Waals surface area contributed by atoms with Crippen LogP contribution in [-0.4, -0.2) is 94.5 Å². The van der Waals surface area contributed by atoms with E-state index in [9.17, 15) is 24.6 Å². The Morgan fingerprint density at radius 3 is 2.76 bits per heavy atom. The molecule has 2 bridgehead atoms. The second-order valence-electron chi connectivity index (χ2n) is 15.2.